The number of carbonyl (C=O) groups excluding carboxylic acids is 1. The van der Waals surface area contributed by atoms with Gasteiger partial charge in [0, 0.05) is 13.1 Å². The second-order valence-electron chi connectivity index (χ2n) is 6.75. The smallest absolute Gasteiger partial charge is 0.335 e. The van der Waals surface area contributed by atoms with Gasteiger partial charge in [-0.15, -0.1) is 0 Å². The molecule has 2 aromatic carbocycles. The van der Waals surface area contributed by atoms with Crippen molar-refractivity contribution < 1.29 is 24.2 Å². The van der Waals surface area contributed by atoms with Crippen LogP contribution in [0.4, 0.5) is 0 Å². The molecule has 1 heterocycles. The summed E-state index contributed by atoms with van der Waals surface area (Å²) in [6.07, 6.45) is 1.81. The monoisotopic (exact) mass is 518 g/mol. The molecule has 7 nitrogen and oxygen atoms in total. The van der Waals surface area contributed by atoms with E-state index in [0.717, 1.165) is 11.1 Å². The molecule has 1 fully saturated rings. The van der Waals surface area contributed by atoms with Crippen LogP contribution in [0.2, 0.25) is 0 Å². The Hall–Kier alpha value is -2.78. The Bertz CT molecular complexity index is 1100. The molecule has 0 saturated carbocycles. The molecule has 2 aromatic rings. The zero-order valence-electron chi connectivity index (χ0n) is 17.9. The molecule has 1 saturated heterocycles. The summed E-state index contributed by atoms with van der Waals surface area (Å²) < 4.78 is 12.1. The lowest BCUT2D eigenvalue weighted by Gasteiger charge is -2.14. The Morgan fingerprint density at radius 3 is 2.72 bits per heavy atom. The molecule has 168 valence electrons. The van der Waals surface area contributed by atoms with Crippen molar-refractivity contribution in [2.45, 2.75) is 20.5 Å². The third-order valence-electron chi connectivity index (χ3n) is 4.60. The van der Waals surface area contributed by atoms with Crippen LogP contribution in [0.15, 0.2) is 50.8 Å². The second kappa shape index (κ2) is 10.7. The zero-order chi connectivity index (χ0) is 23.3. The van der Waals surface area contributed by atoms with Gasteiger partial charge < -0.3 is 14.6 Å². The molecule has 0 bridgehead atoms. The van der Waals surface area contributed by atoms with E-state index in [1.54, 1.807) is 35.2 Å². The van der Waals surface area contributed by atoms with Crippen LogP contribution >= 0.6 is 27.7 Å². The van der Waals surface area contributed by atoms with Crippen LogP contribution in [-0.2, 0) is 11.4 Å². The Balaban J connectivity index is 1.85. The van der Waals surface area contributed by atoms with Crippen molar-refractivity contribution in [1.82, 2.24) is 4.90 Å². The average molecular weight is 519 g/mol. The fraction of sp³-hybridized carbons (Fsp3) is 0.261. The molecule has 1 amide bonds. The number of benzene rings is 2. The fourth-order valence-corrected chi connectivity index (χ4v) is 4.78. The molecule has 3 rings (SSSR count). The topological polar surface area (TPSA) is 88.4 Å². The fourth-order valence-electron chi connectivity index (χ4n) is 3.10. The van der Waals surface area contributed by atoms with Crippen LogP contribution in [0.25, 0.3) is 6.08 Å². The summed E-state index contributed by atoms with van der Waals surface area (Å²) in [7, 11) is 1.54. The number of aromatic carboxylic acids is 1. The summed E-state index contributed by atoms with van der Waals surface area (Å²) in [5, 5.41) is 9.86. The van der Waals surface area contributed by atoms with Gasteiger partial charge in [-0.2, -0.15) is 0 Å². The number of amidine groups is 1. The SMILES string of the molecule is CCN=C1S/C(=C/c2cc(Br)c(OCc3cccc(C(=O)O)c3)c(OC)c2)C(=O)N1CC. The van der Waals surface area contributed by atoms with E-state index in [-0.39, 0.29) is 18.1 Å². The first-order valence-electron chi connectivity index (χ1n) is 9.96. The highest BCUT2D eigenvalue weighted by molar-refractivity contribution is 9.10. The second-order valence-corrected chi connectivity index (χ2v) is 8.61. The number of methoxy groups -OCH3 is 1. The maximum atomic E-state index is 12.7. The first kappa shape index (κ1) is 23.9. The van der Waals surface area contributed by atoms with Crippen LogP contribution < -0.4 is 9.47 Å². The van der Waals surface area contributed by atoms with Crippen LogP contribution in [0, 0.1) is 0 Å². The zero-order valence-corrected chi connectivity index (χ0v) is 20.3. The van der Waals surface area contributed by atoms with E-state index >= 15 is 0 Å². The average Bonchev–Trinajstić information content (AvgIpc) is 3.06. The number of carboxylic acid groups (broad SMARTS) is 1. The molecule has 0 aliphatic carbocycles. The number of carbonyl (C=O) groups is 2. The molecule has 1 aliphatic rings. The number of likely N-dealkylation sites (N-methyl/N-ethyl adjacent to an activating group) is 1. The van der Waals surface area contributed by atoms with Gasteiger partial charge in [0.1, 0.15) is 6.61 Å². The summed E-state index contributed by atoms with van der Waals surface area (Å²) in [5.74, 6) is -0.0791. The largest absolute Gasteiger partial charge is 0.493 e. The number of rotatable bonds is 8. The van der Waals surface area contributed by atoms with Crippen LogP contribution in [0.5, 0.6) is 11.5 Å². The lowest BCUT2D eigenvalue weighted by molar-refractivity contribution is -0.122. The van der Waals surface area contributed by atoms with Gasteiger partial charge in [0.25, 0.3) is 5.91 Å². The van der Waals surface area contributed by atoms with Gasteiger partial charge in [0.05, 0.1) is 22.1 Å². The van der Waals surface area contributed by atoms with E-state index in [0.29, 0.717) is 39.1 Å². The summed E-state index contributed by atoms with van der Waals surface area (Å²) >= 11 is 4.88. The highest BCUT2D eigenvalue weighted by atomic mass is 79.9. The van der Waals surface area contributed by atoms with Crippen molar-refractivity contribution >= 4 is 50.8 Å². The molecule has 1 aliphatic heterocycles. The maximum Gasteiger partial charge on any atom is 0.335 e. The number of ether oxygens (including phenoxy) is 2. The summed E-state index contributed by atoms with van der Waals surface area (Å²) in [6, 6.07) is 10.2. The van der Waals surface area contributed by atoms with Gasteiger partial charge in [-0.25, -0.2) is 4.79 Å². The van der Waals surface area contributed by atoms with Crippen LogP contribution in [0.3, 0.4) is 0 Å². The summed E-state index contributed by atoms with van der Waals surface area (Å²) in [6.45, 7) is 5.20. The minimum Gasteiger partial charge on any atom is -0.493 e. The number of amides is 1. The number of hydrogen-bond donors (Lipinski definition) is 1. The number of carboxylic acids is 1. The molecular formula is C23H23BrN2O5S. The van der Waals surface area contributed by atoms with E-state index in [1.165, 1.54) is 24.9 Å². The van der Waals surface area contributed by atoms with Crippen LogP contribution in [-0.4, -0.2) is 47.2 Å². The predicted molar refractivity (Wildman–Crippen MR) is 129 cm³/mol. The van der Waals surface area contributed by atoms with Gasteiger partial charge in [-0.05, 0) is 83.0 Å². The lowest BCUT2D eigenvalue weighted by atomic mass is 10.1. The highest BCUT2D eigenvalue weighted by Crippen LogP contribution is 2.39. The van der Waals surface area contributed by atoms with Crippen molar-refractivity contribution in [2.24, 2.45) is 4.99 Å². The molecule has 32 heavy (non-hydrogen) atoms. The molecule has 0 aromatic heterocycles. The highest BCUT2D eigenvalue weighted by Gasteiger charge is 2.31. The minimum absolute atomic E-state index is 0.0709. The minimum atomic E-state index is -0.990. The first-order valence-corrected chi connectivity index (χ1v) is 11.6. The number of thioether (sulfide) groups is 1. The molecule has 1 N–H and O–H groups in total. The van der Waals surface area contributed by atoms with E-state index in [2.05, 4.69) is 20.9 Å². The molecule has 0 unspecified atom stereocenters. The van der Waals surface area contributed by atoms with Gasteiger partial charge in [0.2, 0.25) is 0 Å². The Morgan fingerprint density at radius 2 is 2.06 bits per heavy atom. The molecule has 0 spiro atoms. The van der Waals surface area contributed by atoms with Crippen molar-refractivity contribution in [3.63, 3.8) is 0 Å². The Morgan fingerprint density at radius 1 is 1.28 bits per heavy atom. The molecule has 0 radical (unpaired) electrons. The first-order chi connectivity index (χ1) is 15.4. The van der Waals surface area contributed by atoms with Gasteiger partial charge in [0.15, 0.2) is 16.7 Å². The summed E-state index contributed by atoms with van der Waals surface area (Å²) in [4.78, 5) is 30.5. The van der Waals surface area contributed by atoms with Gasteiger partial charge >= 0.3 is 5.97 Å². The molecule has 0 atom stereocenters. The third-order valence-corrected chi connectivity index (χ3v) is 6.24. The number of aliphatic imine (C=N–C) groups is 1. The molecule has 9 heteroatoms. The van der Waals surface area contributed by atoms with E-state index in [1.807, 2.05) is 19.9 Å². The number of halogens is 1. The number of hydrogen-bond acceptors (Lipinski definition) is 6. The van der Waals surface area contributed by atoms with Crippen molar-refractivity contribution in [1.29, 1.82) is 0 Å². The standard InChI is InChI=1S/C23H23BrN2O5S/c1-4-25-23-26(5-2)21(27)19(32-23)12-15-10-17(24)20(18(11-15)30-3)31-13-14-7-6-8-16(9-14)22(28)29/h6-12H,4-5,13H2,1-3H3,(H,28,29)/b19-12+,25-23?. The normalized spacial score (nSPS) is 16.1. The van der Waals surface area contributed by atoms with Gasteiger partial charge in [-0.1, -0.05) is 12.1 Å². The van der Waals surface area contributed by atoms with Crippen molar-refractivity contribution in [3.05, 3.63) is 62.5 Å². The van der Waals surface area contributed by atoms with Gasteiger partial charge in [-0.3, -0.25) is 14.7 Å². The third kappa shape index (κ3) is 5.34. The van der Waals surface area contributed by atoms with Crippen molar-refractivity contribution in [2.75, 3.05) is 20.2 Å². The maximum absolute atomic E-state index is 12.7. The summed E-state index contributed by atoms with van der Waals surface area (Å²) in [5.41, 5.74) is 1.70. The predicted octanol–water partition coefficient (Wildman–Crippen LogP) is 5.05. The van der Waals surface area contributed by atoms with Crippen LogP contribution in [0.1, 0.15) is 35.3 Å². The van der Waals surface area contributed by atoms with E-state index in [9.17, 15) is 9.59 Å². The Kier molecular flexibility index (Phi) is 7.98. The van der Waals surface area contributed by atoms with E-state index in [4.69, 9.17) is 14.6 Å². The quantitative estimate of drug-likeness (QED) is 0.492. The Labute approximate surface area is 199 Å². The molecular weight excluding hydrogens is 496 g/mol. The number of nitrogens with zero attached hydrogens (tertiary/aromatic N) is 2. The van der Waals surface area contributed by atoms with Crippen molar-refractivity contribution in [3.8, 4) is 11.5 Å². The lowest BCUT2D eigenvalue weighted by Crippen LogP contribution is -2.28. The van der Waals surface area contributed by atoms with E-state index < -0.39 is 5.97 Å².